The van der Waals surface area contributed by atoms with Gasteiger partial charge >= 0.3 is 5.97 Å². The van der Waals surface area contributed by atoms with Gasteiger partial charge in [0.25, 0.3) is 0 Å². The lowest BCUT2D eigenvalue weighted by Gasteiger charge is -2.25. The van der Waals surface area contributed by atoms with Crippen molar-refractivity contribution in [2.45, 2.75) is 43.2 Å². The lowest BCUT2D eigenvalue weighted by Crippen LogP contribution is -2.36. The number of carbonyl (C=O) groups is 2. The fraction of sp³-hybridized carbons (Fsp3) is 0.391. The molecule has 2 aliphatic heterocycles. The number of rotatable bonds is 7. The predicted molar refractivity (Wildman–Crippen MR) is 113 cm³/mol. The van der Waals surface area contributed by atoms with E-state index in [1.165, 1.54) is 0 Å². The number of cyclic esters (lactones) is 1. The highest BCUT2D eigenvalue weighted by molar-refractivity contribution is 7.89. The van der Waals surface area contributed by atoms with Gasteiger partial charge in [-0.25, -0.2) is 13.1 Å². The third kappa shape index (κ3) is 4.71. The maximum absolute atomic E-state index is 13.0. The fourth-order valence-electron chi connectivity index (χ4n) is 3.97. The number of hydrogen-bond acceptors (Lipinski definition) is 6. The Bertz CT molecular complexity index is 1060. The van der Waals surface area contributed by atoms with E-state index in [1.54, 1.807) is 48.5 Å². The summed E-state index contributed by atoms with van der Waals surface area (Å²) in [5.41, 5.74) is 2.08. The highest BCUT2D eigenvalue weighted by atomic mass is 32.2. The van der Waals surface area contributed by atoms with Crippen LogP contribution in [-0.4, -0.2) is 39.5 Å². The van der Waals surface area contributed by atoms with Gasteiger partial charge in [-0.2, -0.15) is 0 Å². The standard InChI is InChI=1S/C23H25NO6S/c1-15-4-10-18(11-5-15)31(27,28)24-21(20-3-2-13-29-20)16-6-8-17(9-7-16)22(25)19-12-14-30-23(19)26/h4-11,19-21,24H,2-3,12-14H2,1H3. The molecule has 0 spiro atoms. The summed E-state index contributed by atoms with van der Waals surface area (Å²) in [7, 11) is -3.77. The first-order chi connectivity index (χ1) is 14.8. The zero-order valence-electron chi connectivity index (χ0n) is 17.2. The average Bonchev–Trinajstić information content (AvgIpc) is 3.44. The monoisotopic (exact) mass is 443 g/mol. The van der Waals surface area contributed by atoms with Crippen LogP contribution in [0.15, 0.2) is 53.4 Å². The minimum atomic E-state index is -3.77. The number of carbonyl (C=O) groups excluding carboxylic acids is 2. The molecule has 2 aliphatic rings. The van der Waals surface area contributed by atoms with Crippen LogP contribution in [0, 0.1) is 12.8 Å². The smallest absolute Gasteiger partial charge is 0.316 e. The molecule has 7 nitrogen and oxygen atoms in total. The molecule has 2 fully saturated rings. The third-order valence-electron chi connectivity index (χ3n) is 5.76. The molecule has 8 heteroatoms. The van der Waals surface area contributed by atoms with Crippen LogP contribution < -0.4 is 4.72 Å². The highest BCUT2D eigenvalue weighted by Gasteiger charge is 2.35. The van der Waals surface area contributed by atoms with Crippen LogP contribution in [0.1, 0.15) is 46.8 Å². The van der Waals surface area contributed by atoms with Crippen molar-refractivity contribution >= 4 is 21.8 Å². The van der Waals surface area contributed by atoms with E-state index in [4.69, 9.17) is 9.47 Å². The largest absolute Gasteiger partial charge is 0.465 e. The lowest BCUT2D eigenvalue weighted by atomic mass is 9.93. The number of hydrogen-bond donors (Lipinski definition) is 1. The Kier molecular flexibility index (Phi) is 6.22. The molecule has 0 bridgehead atoms. The van der Waals surface area contributed by atoms with Crippen LogP contribution in [0.5, 0.6) is 0 Å². The fourth-order valence-corrected chi connectivity index (χ4v) is 5.22. The van der Waals surface area contributed by atoms with Gasteiger partial charge in [0.15, 0.2) is 5.78 Å². The lowest BCUT2D eigenvalue weighted by molar-refractivity contribution is -0.140. The Morgan fingerprint density at radius 3 is 2.32 bits per heavy atom. The molecule has 3 atom stereocenters. The Morgan fingerprint density at radius 1 is 1.03 bits per heavy atom. The average molecular weight is 444 g/mol. The van der Waals surface area contributed by atoms with Gasteiger partial charge in [0.1, 0.15) is 5.92 Å². The maximum Gasteiger partial charge on any atom is 0.316 e. The van der Waals surface area contributed by atoms with Gasteiger partial charge in [-0.1, -0.05) is 42.0 Å². The maximum atomic E-state index is 13.0. The molecule has 0 aromatic heterocycles. The van der Waals surface area contributed by atoms with Gasteiger partial charge in [-0.3, -0.25) is 9.59 Å². The SMILES string of the molecule is Cc1ccc(S(=O)(=O)NC(c2ccc(C(=O)C3CCOC3=O)cc2)C2CCCO2)cc1. The van der Waals surface area contributed by atoms with E-state index in [1.807, 2.05) is 6.92 Å². The van der Waals surface area contributed by atoms with Gasteiger partial charge in [-0.15, -0.1) is 0 Å². The first kappa shape index (κ1) is 21.7. The van der Waals surface area contributed by atoms with E-state index in [9.17, 15) is 18.0 Å². The molecule has 2 aromatic carbocycles. The third-order valence-corrected chi connectivity index (χ3v) is 7.21. The number of ketones is 1. The Balaban J connectivity index is 1.58. The number of sulfonamides is 1. The van der Waals surface area contributed by atoms with Crippen LogP contribution in [-0.2, 0) is 24.3 Å². The van der Waals surface area contributed by atoms with Crippen LogP contribution in [0.25, 0.3) is 0 Å². The summed E-state index contributed by atoms with van der Waals surface area (Å²) in [6.07, 6.45) is 1.67. The quantitative estimate of drug-likeness (QED) is 0.401. The molecule has 2 heterocycles. The van der Waals surface area contributed by atoms with E-state index >= 15 is 0 Å². The summed E-state index contributed by atoms with van der Waals surface area (Å²) in [6, 6.07) is 12.8. The summed E-state index contributed by atoms with van der Waals surface area (Å²) in [4.78, 5) is 24.5. The normalized spacial score (nSPS) is 22.3. The molecule has 0 amide bonds. The van der Waals surface area contributed by atoms with Gasteiger partial charge in [0.2, 0.25) is 10.0 Å². The minimum absolute atomic E-state index is 0.188. The minimum Gasteiger partial charge on any atom is -0.465 e. The molecule has 3 unspecified atom stereocenters. The second-order valence-electron chi connectivity index (χ2n) is 7.96. The number of ether oxygens (including phenoxy) is 2. The number of aryl methyl sites for hydroxylation is 1. The van der Waals surface area contributed by atoms with Gasteiger partial charge in [0, 0.05) is 18.6 Å². The van der Waals surface area contributed by atoms with Crippen molar-refractivity contribution in [3.05, 3.63) is 65.2 Å². The number of esters is 1. The first-order valence-electron chi connectivity index (χ1n) is 10.4. The van der Waals surface area contributed by atoms with Crippen molar-refractivity contribution < 1.29 is 27.5 Å². The molecule has 164 valence electrons. The first-order valence-corrected chi connectivity index (χ1v) is 11.8. The van der Waals surface area contributed by atoms with E-state index in [0.717, 1.165) is 18.4 Å². The molecule has 0 saturated carbocycles. The Hall–Kier alpha value is -2.55. The number of nitrogens with one attached hydrogen (secondary N) is 1. The van der Waals surface area contributed by atoms with Crippen LogP contribution in [0.4, 0.5) is 0 Å². The zero-order chi connectivity index (χ0) is 22.0. The van der Waals surface area contributed by atoms with Crippen LogP contribution in [0.3, 0.4) is 0 Å². The molecule has 1 N–H and O–H groups in total. The van der Waals surface area contributed by atoms with E-state index in [0.29, 0.717) is 24.2 Å². The van der Waals surface area contributed by atoms with Gasteiger partial charge in [0.05, 0.1) is 23.6 Å². The molecule has 0 aliphatic carbocycles. The van der Waals surface area contributed by atoms with Gasteiger partial charge in [-0.05, 0) is 37.5 Å². The van der Waals surface area contributed by atoms with Crippen molar-refractivity contribution in [1.29, 1.82) is 0 Å². The molecule has 31 heavy (non-hydrogen) atoms. The predicted octanol–water partition coefficient (Wildman–Crippen LogP) is 2.94. The summed E-state index contributed by atoms with van der Waals surface area (Å²) >= 11 is 0. The number of benzene rings is 2. The van der Waals surface area contributed by atoms with Crippen molar-refractivity contribution in [3.63, 3.8) is 0 Å². The summed E-state index contributed by atoms with van der Waals surface area (Å²) < 4.78 is 39.5. The summed E-state index contributed by atoms with van der Waals surface area (Å²) in [5.74, 6) is -1.53. The Morgan fingerprint density at radius 2 is 1.74 bits per heavy atom. The van der Waals surface area contributed by atoms with Crippen molar-refractivity contribution in [1.82, 2.24) is 4.72 Å². The van der Waals surface area contributed by atoms with Crippen LogP contribution >= 0.6 is 0 Å². The van der Waals surface area contributed by atoms with E-state index in [-0.39, 0.29) is 23.4 Å². The van der Waals surface area contributed by atoms with E-state index < -0.39 is 28.0 Å². The molecule has 2 saturated heterocycles. The van der Waals surface area contributed by atoms with Crippen LogP contribution in [0.2, 0.25) is 0 Å². The molecular formula is C23H25NO6S. The molecule has 4 rings (SSSR count). The topological polar surface area (TPSA) is 98.8 Å². The van der Waals surface area contributed by atoms with Crippen molar-refractivity contribution in [3.8, 4) is 0 Å². The number of Topliss-reactive ketones (excluding diaryl/α,β-unsaturated/α-hetero) is 1. The van der Waals surface area contributed by atoms with Crippen molar-refractivity contribution in [2.75, 3.05) is 13.2 Å². The Labute approximate surface area is 181 Å². The highest BCUT2D eigenvalue weighted by Crippen LogP contribution is 2.30. The summed E-state index contributed by atoms with van der Waals surface area (Å²) in [6.45, 7) is 2.73. The molecular weight excluding hydrogens is 418 g/mol. The molecule has 0 radical (unpaired) electrons. The van der Waals surface area contributed by atoms with Crippen molar-refractivity contribution in [2.24, 2.45) is 5.92 Å². The second-order valence-corrected chi connectivity index (χ2v) is 9.67. The second kappa shape index (κ2) is 8.90. The summed E-state index contributed by atoms with van der Waals surface area (Å²) in [5, 5.41) is 0. The van der Waals surface area contributed by atoms with Gasteiger partial charge < -0.3 is 9.47 Å². The molecule has 2 aromatic rings. The zero-order valence-corrected chi connectivity index (χ0v) is 18.1. The van der Waals surface area contributed by atoms with E-state index in [2.05, 4.69) is 4.72 Å².